The molecule has 0 unspecified atom stereocenters. The molecule has 1 N–H and O–H groups in total. The molecule has 1 aromatic heterocycles. The SMILES string of the molecule is O=S(=O)([O-])c1ccc(-c2cccc(C(F)(F)F)c2)[nH+]c1. The largest absolute Gasteiger partial charge is 0.744 e. The molecule has 0 aliphatic carbocycles. The van der Waals surface area contributed by atoms with E-state index in [-0.39, 0.29) is 11.3 Å². The van der Waals surface area contributed by atoms with Crippen LogP contribution in [0.15, 0.2) is 47.5 Å². The van der Waals surface area contributed by atoms with Crippen molar-refractivity contribution in [2.24, 2.45) is 0 Å². The van der Waals surface area contributed by atoms with Crippen LogP contribution in [0.2, 0.25) is 0 Å². The van der Waals surface area contributed by atoms with Gasteiger partial charge in [0.15, 0.2) is 6.20 Å². The second-order valence-electron chi connectivity index (χ2n) is 3.97. The quantitative estimate of drug-likeness (QED) is 0.798. The molecule has 0 saturated heterocycles. The number of aromatic amines is 1. The van der Waals surface area contributed by atoms with E-state index in [1.54, 1.807) is 0 Å². The maximum Gasteiger partial charge on any atom is 0.416 e. The van der Waals surface area contributed by atoms with Crippen LogP contribution in [0.3, 0.4) is 0 Å². The predicted octanol–water partition coefficient (Wildman–Crippen LogP) is 2.09. The van der Waals surface area contributed by atoms with Crippen LogP contribution in [-0.4, -0.2) is 13.0 Å². The highest BCUT2D eigenvalue weighted by Crippen LogP contribution is 2.31. The minimum absolute atomic E-state index is 0.231. The van der Waals surface area contributed by atoms with E-state index in [0.29, 0.717) is 0 Å². The highest BCUT2D eigenvalue weighted by atomic mass is 32.2. The maximum absolute atomic E-state index is 12.6. The number of nitrogens with one attached hydrogen (secondary N) is 1. The van der Waals surface area contributed by atoms with Crippen molar-refractivity contribution in [3.8, 4) is 11.3 Å². The van der Waals surface area contributed by atoms with E-state index in [4.69, 9.17) is 0 Å². The highest BCUT2D eigenvalue weighted by Gasteiger charge is 2.30. The lowest BCUT2D eigenvalue weighted by Gasteiger charge is -2.07. The Labute approximate surface area is 112 Å². The summed E-state index contributed by atoms with van der Waals surface area (Å²) in [6.07, 6.45) is -3.52. The van der Waals surface area contributed by atoms with E-state index in [1.165, 1.54) is 18.2 Å². The fourth-order valence-corrected chi connectivity index (χ4v) is 2.05. The van der Waals surface area contributed by atoms with Crippen molar-refractivity contribution < 1.29 is 31.1 Å². The van der Waals surface area contributed by atoms with E-state index in [0.717, 1.165) is 24.4 Å². The third kappa shape index (κ3) is 3.14. The average Bonchev–Trinajstić information content (AvgIpc) is 2.37. The van der Waals surface area contributed by atoms with Gasteiger partial charge in [0.1, 0.15) is 15.0 Å². The minimum Gasteiger partial charge on any atom is -0.744 e. The zero-order chi connectivity index (χ0) is 15.0. The van der Waals surface area contributed by atoms with Gasteiger partial charge in [-0.15, -0.1) is 0 Å². The number of halogens is 3. The molecule has 20 heavy (non-hydrogen) atoms. The molecule has 0 fully saturated rings. The number of aromatic nitrogens is 1. The number of H-pyrrole nitrogens is 1. The van der Waals surface area contributed by atoms with Crippen LogP contribution >= 0.6 is 0 Å². The van der Waals surface area contributed by atoms with Crippen LogP contribution in [0.25, 0.3) is 11.3 Å². The summed E-state index contributed by atoms with van der Waals surface area (Å²) < 4.78 is 69.9. The zero-order valence-electron chi connectivity index (χ0n) is 9.81. The van der Waals surface area contributed by atoms with Gasteiger partial charge < -0.3 is 4.55 Å². The van der Waals surface area contributed by atoms with Crippen LogP contribution in [0.1, 0.15) is 5.56 Å². The van der Waals surface area contributed by atoms with Crippen LogP contribution in [0.5, 0.6) is 0 Å². The summed E-state index contributed by atoms with van der Waals surface area (Å²) in [7, 11) is -4.59. The molecule has 0 atom stereocenters. The number of rotatable bonds is 2. The van der Waals surface area contributed by atoms with Crippen molar-refractivity contribution in [2.75, 3.05) is 0 Å². The summed E-state index contributed by atoms with van der Waals surface area (Å²) in [5.74, 6) is 0. The standard InChI is InChI=1S/C12H8F3NO3S/c13-12(14,15)9-3-1-2-8(6-9)11-5-4-10(7-16-11)20(17,18)19/h1-7H,(H,17,18,19). The molecule has 106 valence electrons. The molecular weight excluding hydrogens is 295 g/mol. The lowest BCUT2D eigenvalue weighted by atomic mass is 10.1. The van der Waals surface area contributed by atoms with Crippen molar-refractivity contribution >= 4 is 10.1 Å². The molecule has 1 aromatic carbocycles. The van der Waals surface area contributed by atoms with Crippen molar-refractivity contribution in [3.05, 3.63) is 48.2 Å². The molecule has 2 rings (SSSR count). The number of hydrogen-bond acceptors (Lipinski definition) is 3. The first-order valence-corrected chi connectivity index (χ1v) is 6.74. The highest BCUT2D eigenvalue weighted by molar-refractivity contribution is 7.85. The monoisotopic (exact) mass is 303 g/mol. The second kappa shape index (κ2) is 4.88. The van der Waals surface area contributed by atoms with Crippen LogP contribution in [0, 0.1) is 0 Å². The van der Waals surface area contributed by atoms with Gasteiger partial charge in [-0.3, -0.25) is 0 Å². The second-order valence-corrected chi connectivity index (χ2v) is 5.35. The molecule has 0 radical (unpaired) electrons. The van der Waals surface area contributed by atoms with Gasteiger partial charge in [0.2, 0.25) is 5.69 Å². The summed E-state index contributed by atoms with van der Waals surface area (Å²) in [6.45, 7) is 0. The summed E-state index contributed by atoms with van der Waals surface area (Å²) >= 11 is 0. The number of benzene rings is 1. The fourth-order valence-electron chi connectivity index (χ4n) is 1.61. The van der Waals surface area contributed by atoms with Crippen molar-refractivity contribution in [1.29, 1.82) is 0 Å². The van der Waals surface area contributed by atoms with Crippen LogP contribution in [0.4, 0.5) is 13.2 Å². The van der Waals surface area contributed by atoms with Gasteiger partial charge >= 0.3 is 6.18 Å². The van der Waals surface area contributed by atoms with Gasteiger partial charge in [-0.25, -0.2) is 13.4 Å². The first kappa shape index (κ1) is 14.5. The Morgan fingerprint density at radius 2 is 1.80 bits per heavy atom. The Balaban J connectivity index is 2.43. The van der Waals surface area contributed by atoms with Gasteiger partial charge in [0.05, 0.1) is 5.56 Å². The lowest BCUT2D eigenvalue weighted by Crippen LogP contribution is -2.11. The van der Waals surface area contributed by atoms with Crippen molar-refractivity contribution in [2.45, 2.75) is 11.1 Å². The van der Waals surface area contributed by atoms with E-state index in [1.807, 2.05) is 0 Å². The van der Waals surface area contributed by atoms with Crippen molar-refractivity contribution in [3.63, 3.8) is 0 Å². The molecule has 0 amide bonds. The van der Waals surface area contributed by atoms with Crippen molar-refractivity contribution in [1.82, 2.24) is 0 Å². The van der Waals surface area contributed by atoms with E-state index in [9.17, 15) is 26.1 Å². The van der Waals surface area contributed by atoms with Gasteiger partial charge in [0, 0.05) is 11.6 Å². The molecule has 0 aliphatic heterocycles. The summed E-state index contributed by atoms with van der Waals surface area (Å²) in [6, 6.07) is 6.81. The number of hydrogen-bond donors (Lipinski definition) is 0. The first-order chi connectivity index (χ1) is 9.18. The Morgan fingerprint density at radius 1 is 1.10 bits per heavy atom. The normalized spacial score (nSPS) is 12.4. The summed E-state index contributed by atoms with van der Waals surface area (Å²) in [5.41, 5.74) is -0.318. The smallest absolute Gasteiger partial charge is 0.416 e. The Bertz CT molecular complexity index is 724. The fraction of sp³-hybridized carbons (Fsp3) is 0.0833. The molecule has 0 aliphatic rings. The topological polar surface area (TPSA) is 71.3 Å². The number of pyridine rings is 1. The zero-order valence-corrected chi connectivity index (χ0v) is 10.6. The average molecular weight is 303 g/mol. The van der Waals surface area contributed by atoms with Crippen LogP contribution in [-0.2, 0) is 16.3 Å². The molecule has 2 aromatic rings. The van der Waals surface area contributed by atoms with E-state index >= 15 is 0 Å². The molecule has 0 saturated carbocycles. The third-order valence-electron chi connectivity index (χ3n) is 2.57. The summed E-state index contributed by atoms with van der Waals surface area (Å²) in [4.78, 5) is 2.01. The summed E-state index contributed by atoms with van der Waals surface area (Å²) in [5, 5.41) is 0. The third-order valence-corrected chi connectivity index (χ3v) is 3.41. The Hall–Kier alpha value is -1.93. The van der Waals surface area contributed by atoms with Gasteiger partial charge in [0.25, 0.3) is 0 Å². The number of alkyl halides is 3. The predicted molar refractivity (Wildman–Crippen MR) is 61.4 cm³/mol. The Morgan fingerprint density at radius 3 is 2.30 bits per heavy atom. The van der Waals surface area contributed by atoms with Crippen LogP contribution < -0.4 is 4.98 Å². The molecule has 0 spiro atoms. The van der Waals surface area contributed by atoms with E-state index < -0.39 is 26.8 Å². The Kier molecular flexibility index (Phi) is 3.53. The van der Waals surface area contributed by atoms with E-state index in [2.05, 4.69) is 4.98 Å². The molecule has 1 heterocycles. The van der Waals surface area contributed by atoms with Gasteiger partial charge in [-0.1, -0.05) is 6.07 Å². The molecular formula is C12H8F3NO3S. The minimum atomic E-state index is -4.59. The molecule has 4 nitrogen and oxygen atoms in total. The van der Waals surface area contributed by atoms with Gasteiger partial charge in [-0.05, 0) is 24.3 Å². The van der Waals surface area contributed by atoms with Gasteiger partial charge in [-0.2, -0.15) is 13.2 Å². The molecule has 8 heteroatoms. The first-order valence-electron chi connectivity index (χ1n) is 5.33. The maximum atomic E-state index is 12.6. The molecule has 0 bridgehead atoms. The lowest BCUT2D eigenvalue weighted by molar-refractivity contribution is -0.367.